The van der Waals surface area contributed by atoms with Crippen LogP contribution in [0.4, 0.5) is 0 Å². The van der Waals surface area contributed by atoms with E-state index in [-0.39, 0.29) is 6.42 Å². The molecule has 1 aliphatic rings. The molecule has 0 aliphatic heterocycles. The van der Waals surface area contributed by atoms with Crippen molar-refractivity contribution in [3.63, 3.8) is 0 Å². The summed E-state index contributed by atoms with van der Waals surface area (Å²) in [5.74, 6) is 0. The first kappa shape index (κ1) is 5.93. The molecule has 0 saturated heterocycles. The van der Waals surface area contributed by atoms with Gasteiger partial charge in [-0.05, 0) is 0 Å². The third kappa shape index (κ3) is 0.956. The lowest BCUT2D eigenvalue weighted by atomic mass is 10.7. The molecule has 50 valence electrons. The second-order valence-electron chi connectivity index (χ2n) is 1.94. The molecule has 0 radical (unpaired) electrons. The Hall–Kier alpha value is -1.20. The van der Waals surface area contributed by atoms with Gasteiger partial charge in [-0.2, -0.15) is 0 Å². The third-order valence-corrected chi connectivity index (χ3v) is 1.27. The van der Waals surface area contributed by atoms with Crippen LogP contribution in [-0.2, 0) is 0 Å². The summed E-state index contributed by atoms with van der Waals surface area (Å²) < 4.78 is 0. The van der Waals surface area contributed by atoms with Crippen molar-refractivity contribution in [2.24, 2.45) is 0 Å². The predicted molar refractivity (Wildman–Crippen MR) is 26.2 cm³/mol. The fraction of sp³-hybridized carbons (Fsp3) is 1.00. The third-order valence-electron chi connectivity index (χ3n) is 1.27. The van der Waals surface area contributed by atoms with E-state index in [1.54, 1.807) is 0 Å². The lowest BCUT2D eigenvalue weighted by Gasteiger charge is -1.83. The zero-order chi connectivity index (χ0) is 7.02. The molecule has 1 saturated carbocycles. The molecule has 0 spiro atoms. The number of nitro groups is 2. The molecule has 2 unspecified atom stereocenters. The molecule has 2 atom stereocenters. The summed E-state index contributed by atoms with van der Waals surface area (Å²) >= 11 is 0. The Labute approximate surface area is 49.8 Å². The highest BCUT2D eigenvalue weighted by molar-refractivity contribution is 4.86. The number of rotatable bonds is 2. The average Bonchev–Trinajstić information content (AvgIpc) is 2.39. The van der Waals surface area contributed by atoms with Crippen LogP contribution in [0.25, 0.3) is 0 Å². The normalized spacial score (nSPS) is 31.6. The summed E-state index contributed by atoms with van der Waals surface area (Å²) in [6, 6.07) is -1.83. The van der Waals surface area contributed by atoms with Gasteiger partial charge in [-0.25, -0.2) is 0 Å². The fourth-order valence-corrected chi connectivity index (χ4v) is 0.622. The van der Waals surface area contributed by atoms with Crippen LogP contribution in [-0.4, -0.2) is 21.9 Å². The van der Waals surface area contributed by atoms with E-state index in [0.29, 0.717) is 0 Å². The predicted octanol–water partition coefficient (Wildman–Crippen LogP) is -0.319. The first-order valence-corrected chi connectivity index (χ1v) is 2.40. The van der Waals surface area contributed by atoms with E-state index in [9.17, 15) is 20.2 Å². The zero-order valence-corrected chi connectivity index (χ0v) is 4.39. The maximum Gasteiger partial charge on any atom is 0.286 e. The van der Waals surface area contributed by atoms with Crippen LogP contribution in [0.2, 0.25) is 0 Å². The van der Waals surface area contributed by atoms with Gasteiger partial charge in [0.15, 0.2) is 0 Å². The molecule has 9 heavy (non-hydrogen) atoms. The van der Waals surface area contributed by atoms with E-state index in [1.165, 1.54) is 0 Å². The maximum atomic E-state index is 9.78. The molecule has 0 heterocycles. The van der Waals surface area contributed by atoms with Crippen LogP contribution in [0.3, 0.4) is 0 Å². The fourth-order valence-electron chi connectivity index (χ4n) is 0.622. The topological polar surface area (TPSA) is 86.3 Å². The first-order valence-electron chi connectivity index (χ1n) is 2.40. The molecule has 6 nitrogen and oxygen atoms in total. The molecular formula is C3H4N2O4. The van der Waals surface area contributed by atoms with Gasteiger partial charge in [-0.15, -0.1) is 0 Å². The van der Waals surface area contributed by atoms with Gasteiger partial charge < -0.3 is 0 Å². The minimum absolute atomic E-state index is 0.0972. The Balaban J connectivity index is 2.42. The molecule has 0 aromatic heterocycles. The molecule has 1 fully saturated rings. The van der Waals surface area contributed by atoms with Gasteiger partial charge in [0, 0.05) is 9.85 Å². The summed E-state index contributed by atoms with van der Waals surface area (Å²) in [5.41, 5.74) is 0. The first-order chi connectivity index (χ1) is 4.13. The van der Waals surface area contributed by atoms with Crippen molar-refractivity contribution in [3.8, 4) is 0 Å². The summed E-state index contributed by atoms with van der Waals surface area (Å²) in [6.45, 7) is 0. The minimum atomic E-state index is -0.917. The SMILES string of the molecule is O=[N+]([O-])C1CC1[N+](=O)[O-]. The van der Waals surface area contributed by atoms with Crippen LogP contribution >= 0.6 is 0 Å². The maximum absolute atomic E-state index is 9.78. The van der Waals surface area contributed by atoms with Gasteiger partial charge in [0.2, 0.25) is 0 Å². The van der Waals surface area contributed by atoms with E-state index < -0.39 is 21.9 Å². The lowest BCUT2D eigenvalue weighted by Crippen LogP contribution is -2.12. The van der Waals surface area contributed by atoms with E-state index in [4.69, 9.17) is 0 Å². The summed E-state index contributed by atoms with van der Waals surface area (Å²) in [6.07, 6.45) is 0.0972. The highest BCUT2D eigenvalue weighted by Gasteiger charge is 2.59. The quantitative estimate of drug-likeness (QED) is 0.380. The number of nitrogens with zero attached hydrogens (tertiary/aromatic N) is 2. The van der Waals surface area contributed by atoms with Gasteiger partial charge in [-0.3, -0.25) is 20.2 Å². The van der Waals surface area contributed by atoms with E-state index in [1.807, 2.05) is 0 Å². The molecule has 0 aromatic rings. The van der Waals surface area contributed by atoms with E-state index in [2.05, 4.69) is 0 Å². The molecular weight excluding hydrogens is 128 g/mol. The highest BCUT2D eigenvalue weighted by atomic mass is 16.6. The highest BCUT2D eigenvalue weighted by Crippen LogP contribution is 2.26. The van der Waals surface area contributed by atoms with Crippen LogP contribution < -0.4 is 0 Å². The second kappa shape index (κ2) is 1.64. The van der Waals surface area contributed by atoms with Gasteiger partial charge in [0.05, 0.1) is 6.42 Å². The van der Waals surface area contributed by atoms with Gasteiger partial charge in [0.1, 0.15) is 0 Å². The number of hydrogen-bond acceptors (Lipinski definition) is 4. The van der Waals surface area contributed by atoms with Crippen molar-refractivity contribution in [1.82, 2.24) is 0 Å². The minimum Gasteiger partial charge on any atom is -0.264 e. The van der Waals surface area contributed by atoms with Crippen molar-refractivity contribution < 1.29 is 9.85 Å². The monoisotopic (exact) mass is 132 g/mol. The van der Waals surface area contributed by atoms with Crippen LogP contribution in [0, 0.1) is 20.2 Å². The van der Waals surface area contributed by atoms with Crippen LogP contribution in [0.5, 0.6) is 0 Å². The van der Waals surface area contributed by atoms with Crippen molar-refractivity contribution in [1.29, 1.82) is 0 Å². The van der Waals surface area contributed by atoms with Crippen molar-refractivity contribution in [2.45, 2.75) is 18.5 Å². The summed E-state index contributed by atoms with van der Waals surface area (Å²) in [4.78, 5) is 18.3. The smallest absolute Gasteiger partial charge is 0.264 e. The Morgan fingerprint density at radius 2 is 1.44 bits per heavy atom. The Morgan fingerprint density at radius 3 is 1.56 bits per heavy atom. The van der Waals surface area contributed by atoms with Crippen molar-refractivity contribution in [3.05, 3.63) is 20.2 Å². The van der Waals surface area contributed by atoms with Gasteiger partial charge in [-0.1, -0.05) is 0 Å². The van der Waals surface area contributed by atoms with Gasteiger partial charge in [0.25, 0.3) is 12.1 Å². The number of hydrogen-bond donors (Lipinski definition) is 0. The second-order valence-corrected chi connectivity index (χ2v) is 1.94. The Bertz CT molecular complexity index is 149. The van der Waals surface area contributed by atoms with E-state index in [0.717, 1.165) is 0 Å². The summed E-state index contributed by atoms with van der Waals surface area (Å²) in [7, 11) is 0. The lowest BCUT2D eigenvalue weighted by molar-refractivity contribution is -0.558. The van der Waals surface area contributed by atoms with Crippen LogP contribution in [0.15, 0.2) is 0 Å². The molecule has 1 aliphatic carbocycles. The van der Waals surface area contributed by atoms with Crippen molar-refractivity contribution >= 4 is 0 Å². The average molecular weight is 132 g/mol. The molecule has 6 heteroatoms. The Kier molecular flexibility index (Phi) is 1.08. The van der Waals surface area contributed by atoms with Gasteiger partial charge >= 0.3 is 0 Å². The van der Waals surface area contributed by atoms with E-state index >= 15 is 0 Å². The molecule has 0 aromatic carbocycles. The molecule has 0 amide bonds. The zero-order valence-electron chi connectivity index (χ0n) is 4.39. The Morgan fingerprint density at radius 1 is 1.11 bits per heavy atom. The molecule has 0 N–H and O–H groups in total. The van der Waals surface area contributed by atoms with Crippen molar-refractivity contribution in [2.75, 3.05) is 0 Å². The van der Waals surface area contributed by atoms with Crippen LogP contribution in [0.1, 0.15) is 6.42 Å². The molecule has 0 bridgehead atoms. The standard InChI is InChI=1S/C3H4N2O4/c6-4(7)2-1-3(2)5(8)9/h2-3H,1H2. The molecule has 1 rings (SSSR count). The summed E-state index contributed by atoms with van der Waals surface area (Å²) in [5, 5.41) is 19.6. The largest absolute Gasteiger partial charge is 0.286 e.